The van der Waals surface area contributed by atoms with Gasteiger partial charge in [0.25, 0.3) is 5.91 Å². The lowest BCUT2D eigenvalue weighted by Crippen LogP contribution is -2.41. The quantitative estimate of drug-likeness (QED) is 0.851. The molecule has 1 aliphatic carbocycles. The van der Waals surface area contributed by atoms with E-state index in [0.29, 0.717) is 24.5 Å². The molecule has 0 spiro atoms. The second kappa shape index (κ2) is 8.12. The molecule has 4 rings (SSSR count). The van der Waals surface area contributed by atoms with Gasteiger partial charge in [-0.25, -0.2) is 4.98 Å². The van der Waals surface area contributed by atoms with Crippen molar-refractivity contribution in [1.82, 2.24) is 25.4 Å². The predicted octanol–water partition coefficient (Wildman–Crippen LogP) is 2.42. The van der Waals surface area contributed by atoms with Crippen LogP contribution in [0.2, 0.25) is 0 Å². The van der Waals surface area contributed by atoms with Crippen molar-refractivity contribution < 1.29 is 9.59 Å². The van der Waals surface area contributed by atoms with Crippen molar-refractivity contribution in [3.8, 4) is 0 Å². The van der Waals surface area contributed by atoms with E-state index in [2.05, 4.69) is 20.5 Å². The number of nitrogens with zero attached hydrogens (tertiary/aromatic N) is 3. The molecule has 0 unspecified atom stereocenters. The lowest BCUT2D eigenvalue weighted by Gasteiger charge is -2.26. The summed E-state index contributed by atoms with van der Waals surface area (Å²) >= 11 is 0. The van der Waals surface area contributed by atoms with Crippen molar-refractivity contribution >= 4 is 11.8 Å². The zero-order chi connectivity index (χ0) is 19.5. The van der Waals surface area contributed by atoms with Crippen LogP contribution in [0.5, 0.6) is 0 Å². The maximum Gasteiger partial charge on any atom is 0.251 e. The third-order valence-corrected chi connectivity index (χ3v) is 5.88. The van der Waals surface area contributed by atoms with Crippen molar-refractivity contribution in [2.75, 3.05) is 13.1 Å². The van der Waals surface area contributed by atoms with Crippen molar-refractivity contribution in [3.63, 3.8) is 0 Å². The molecule has 7 nitrogen and oxygen atoms in total. The minimum atomic E-state index is -0.199. The van der Waals surface area contributed by atoms with E-state index in [4.69, 9.17) is 0 Å². The van der Waals surface area contributed by atoms with Gasteiger partial charge < -0.3 is 10.2 Å². The van der Waals surface area contributed by atoms with Crippen LogP contribution in [0, 0.1) is 12.8 Å². The number of hydrogen-bond acceptors (Lipinski definition) is 4. The number of aromatic amines is 1. The van der Waals surface area contributed by atoms with E-state index in [9.17, 15) is 9.59 Å². The minimum Gasteiger partial charge on any atom is -0.347 e. The van der Waals surface area contributed by atoms with Crippen LogP contribution >= 0.6 is 0 Å². The van der Waals surface area contributed by atoms with E-state index in [1.54, 1.807) is 12.1 Å². The number of H-pyrrole nitrogens is 1. The van der Waals surface area contributed by atoms with E-state index >= 15 is 0 Å². The monoisotopic (exact) mass is 381 g/mol. The molecule has 7 heteroatoms. The predicted molar refractivity (Wildman–Crippen MR) is 105 cm³/mol. The standard InChI is InChI=1S/C21H27N5O2/c1-14-22-19(25-24-14)17-12-26(21(28)16-10-6-3-7-11-16)13-18(17)23-20(27)15-8-4-2-5-9-15/h2,4-5,8-9,16-18H,3,6-7,10-13H2,1H3,(H,23,27)(H,22,24,25)/t17-,18-/m1/s1. The van der Waals surface area contributed by atoms with Gasteiger partial charge in [-0.05, 0) is 31.9 Å². The lowest BCUT2D eigenvalue weighted by molar-refractivity contribution is -0.135. The Bertz CT molecular complexity index is 828. The fraction of sp³-hybridized carbons (Fsp3) is 0.524. The smallest absolute Gasteiger partial charge is 0.251 e. The molecule has 2 aromatic rings. The van der Waals surface area contributed by atoms with Gasteiger partial charge in [-0.1, -0.05) is 37.5 Å². The van der Waals surface area contributed by atoms with Gasteiger partial charge in [0.15, 0.2) is 5.82 Å². The summed E-state index contributed by atoms with van der Waals surface area (Å²) < 4.78 is 0. The Hall–Kier alpha value is -2.70. The van der Waals surface area contributed by atoms with Crippen molar-refractivity contribution in [1.29, 1.82) is 0 Å². The zero-order valence-electron chi connectivity index (χ0n) is 16.2. The third-order valence-electron chi connectivity index (χ3n) is 5.88. The van der Waals surface area contributed by atoms with Crippen molar-refractivity contribution in [3.05, 3.63) is 47.5 Å². The average molecular weight is 381 g/mol. The molecule has 2 amide bonds. The zero-order valence-corrected chi connectivity index (χ0v) is 16.2. The van der Waals surface area contributed by atoms with Crippen LogP contribution in [0.4, 0.5) is 0 Å². The molecule has 28 heavy (non-hydrogen) atoms. The number of likely N-dealkylation sites (tertiary alicyclic amines) is 1. The van der Waals surface area contributed by atoms with Crippen LogP contribution in [-0.2, 0) is 4.79 Å². The lowest BCUT2D eigenvalue weighted by atomic mass is 9.88. The van der Waals surface area contributed by atoms with Crippen molar-refractivity contribution in [2.45, 2.75) is 51.0 Å². The molecular weight excluding hydrogens is 354 g/mol. The Morgan fingerprint density at radius 2 is 1.86 bits per heavy atom. The number of aryl methyl sites for hydroxylation is 1. The molecule has 1 aliphatic heterocycles. The Morgan fingerprint density at radius 1 is 1.11 bits per heavy atom. The van der Waals surface area contributed by atoms with Gasteiger partial charge in [-0.15, -0.1) is 0 Å². The summed E-state index contributed by atoms with van der Waals surface area (Å²) in [7, 11) is 0. The SMILES string of the molecule is Cc1nc([C@@H]2CN(C(=O)C3CCCCC3)C[C@H]2NC(=O)c2ccccc2)n[nH]1. The molecule has 1 aromatic carbocycles. The second-order valence-corrected chi connectivity index (χ2v) is 7.91. The number of benzene rings is 1. The molecule has 0 bridgehead atoms. The molecule has 1 saturated heterocycles. The summed E-state index contributed by atoms with van der Waals surface area (Å²) in [6.45, 7) is 2.91. The molecule has 2 aliphatic rings. The number of rotatable bonds is 4. The highest BCUT2D eigenvalue weighted by atomic mass is 16.2. The highest BCUT2D eigenvalue weighted by Gasteiger charge is 2.41. The summed E-state index contributed by atoms with van der Waals surface area (Å²) in [4.78, 5) is 32.1. The first kappa shape index (κ1) is 18.7. The molecule has 1 aromatic heterocycles. The number of amides is 2. The highest BCUT2D eigenvalue weighted by Crippen LogP contribution is 2.31. The Labute approximate surface area is 164 Å². The molecule has 2 N–H and O–H groups in total. The number of nitrogens with one attached hydrogen (secondary N) is 2. The Morgan fingerprint density at radius 3 is 2.54 bits per heavy atom. The van der Waals surface area contributed by atoms with E-state index < -0.39 is 0 Å². The molecular formula is C21H27N5O2. The summed E-state index contributed by atoms with van der Waals surface area (Å²) in [6, 6.07) is 8.96. The number of carbonyl (C=O) groups excluding carboxylic acids is 2. The van der Waals surface area contributed by atoms with Gasteiger partial charge in [0, 0.05) is 24.6 Å². The van der Waals surface area contributed by atoms with Crippen LogP contribution in [0.15, 0.2) is 30.3 Å². The summed E-state index contributed by atoms with van der Waals surface area (Å²) in [6.07, 6.45) is 5.42. The Kier molecular flexibility index (Phi) is 5.41. The molecule has 2 atom stereocenters. The van der Waals surface area contributed by atoms with Crippen LogP contribution < -0.4 is 5.32 Å². The van der Waals surface area contributed by atoms with E-state index in [-0.39, 0.29) is 29.7 Å². The number of hydrogen-bond donors (Lipinski definition) is 2. The Balaban J connectivity index is 1.51. The fourth-order valence-corrected chi connectivity index (χ4v) is 4.37. The van der Waals surface area contributed by atoms with Crippen LogP contribution in [-0.4, -0.2) is 51.0 Å². The van der Waals surface area contributed by atoms with Crippen LogP contribution in [0.1, 0.15) is 60.0 Å². The third kappa shape index (κ3) is 3.93. The van der Waals surface area contributed by atoms with Gasteiger partial charge in [0.05, 0.1) is 12.0 Å². The largest absolute Gasteiger partial charge is 0.347 e. The molecule has 2 fully saturated rings. The van der Waals surface area contributed by atoms with Gasteiger partial charge in [0.1, 0.15) is 5.82 Å². The summed E-state index contributed by atoms with van der Waals surface area (Å²) in [5, 5.41) is 10.3. The van der Waals surface area contributed by atoms with Crippen LogP contribution in [0.3, 0.4) is 0 Å². The maximum absolute atomic E-state index is 13.0. The van der Waals surface area contributed by atoms with Gasteiger partial charge in [-0.2, -0.15) is 5.10 Å². The van der Waals surface area contributed by atoms with E-state index in [1.165, 1.54) is 6.42 Å². The maximum atomic E-state index is 13.0. The normalized spacial score (nSPS) is 23.0. The molecule has 148 valence electrons. The summed E-state index contributed by atoms with van der Waals surface area (Å²) in [5.74, 6) is 1.50. The van der Waals surface area contributed by atoms with Gasteiger partial charge in [-0.3, -0.25) is 14.7 Å². The number of carbonyl (C=O) groups is 2. The van der Waals surface area contributed by atoms with Gasteiger partial charge >= 0.3 is 0 Å². The van der Waals surface area contributed by atoms with Gasteiger partial charge in [0.2, 0.25) is 5.91 Å². The highest BCUT2D eigenvalue weighted by molar-refractivity contribution is 5.94. The van der Waals surface area contributed by atoms with Crippen LogP contribution in [0.25, 0.3) is 0 Å². The number of aromatic nitrogens is 3. The average Bonchev–Trinajstić information content (AvgIpc) is 3.35. The van der Waals surface area contributed by atoms with E-state index in [0.717, 1.165) is 31.5 Å². The fourth-order valence-electron chi connectivity index (χ4n) is 4.37. The molecule has 2 heterocycles. The second-order valence-electron chi connectivity index (χ2n) is 7.91. The molecule has 1 saturated carbocycles. The van der Waals surface area contributed by atoms with E-state index in [1.807, 2.05) is 30.0 Å². The van der Waals surface area contributed by atoms with Crippen molar-refractivity contribution in [2.24, 2.45) is 5.92 Å². The topological polar surface area (TPSA) is 91.0 Å². The first-order valence-corrected chi connectivity index (χ1v) is 10.2. The first-order valence-electron chi connectivity index (χ1n) is 10.2. The first-order chi connectivity index (χ1) is 13.6. The minimum absolute atomic E-state index is 0.106. The summed E-state index contributed by atoms with van der Waals surface area (Å²) in [5.41, 5.74) is 0.615. The molecule has 0 radical (unpaired) electrons.